The first-order chi connectivity index (χ1) is 7.67. The van der Waals surface area contributed by atoms with Gasteiger partial charge in [0.25, 0.3) is 0 Å². The molecule has 0 spiro atoms. The predicted octanol–water partition coefficient (Wildman–Crippen LogP) is 1.42. The van der Waals surface area contributed by atoms with E-state index in [4.69, 9.17) is 5.11 Å². The lowest BCUT2D eigenvalue weighted by Gasteiger charge is -2.21. The quantitative estimate of drug-likeness (QED) is 0.794. The first kappa shape index (κ1) is 13.4. The Labute approximate surface area is 99.5 Å². The Hall–Kier alpha value is -0.650. The number of aliphatic hydroxyl groups is 1. The molecule has 0 aromatic carbocycles. The summed E-state index contributed by atoms with van der Waals surface area (Å²) in [6.07, 6.45) is 4.78. The molecule has 3 nitrogen and oxygen atoms in total. The van der Waals surface area contributed by atoms with Crippen LogP contribution >= 0.6 is 11.8 Å². The summed E-state index contributed by atoms with van der Waals surface area (Å²) in [5.41, 5.74) is 0.810. The van der Waals surface area contributed by atoms with E-state index in [0.717, 1.165) is 5.56 Å². The lowest BCUT2D eigenvalue weighted by Crippen LogP contribution is -2.37. The van der Waals surface area contributed by atoms with Crippen LogP contribution in [0.5, 0.6) is 0 Å². The summed E-state index contributed by atoms with van der Waals surface area (Å²) >= 11 is 1.61. The zero-order valence-electron chi connectivity index (χ0n) is 9.48. The molecule has 1 heterocycles. The second-order valence-electron chi connectivity index (χ2n) is 3.64. The van der Waals surface area contributed by atoms with E-state index < -0.39 is 0 Å². The molecule has 0 radical (unpaired) electrons. The molecular weight excluding hydrogens is 227 g/mol. The maximum atomic E-state index is 12.8. The predicted molar refractivity (Wildman–Crippen MR) is 64.9 cm³/mol. The van der Waals surface area contributed by atoms with Crippen molar-refractivity contribution in [3.63, 3.8) is 0 Å². The van der Waals surface area contributed by atoms with Crippen LogP contribution in [-0.2, 0) is 6.54 Å². The van der Waals surface area contributed by atoms with Gasteiger partial charge in [0.05, 0.1) is 12.8 Å². The summed E-state index contributed by atoms with van der Waals surface area (Å²) in [6.45, 7) is 2.70. The Balaban J connectivity index is 2.45. The van der Waals surface area contributed by atoms with Crippen LogP contribution in [0.1, 0.15) is 12.5 Å². The van der Waals surface area contributed by atoms with Crippen LogP contribution in [0.2, 0.25) is 0 Å². The Morgan fingerprint density at radius 1 is 1.56 bits per heavy atom. The number of halogens is 1. The molecule has 2 atom stereocenters. The van der Waals surface area contributed by atoms with E-state index >= 15 is 0 Å². The van der Waals surface area contributed by atoms with E-state index in [1.807, 2.05) is 13.2 Å². The van der Waals surface area contributed by atoms with Gasteiger partial charge in [-0.05, 0) is 24.8 Å². The van der Waals surface area contributed by atoms with Crippen LogP contribution in [-0.4, -0.2) is 34.2 Å². The molecule has 1 aromatic heterocycles. The first-order valence-electron chi connectivity index (χ1n) is 5.13. The zero-order valence-corrected chi connectivity index (χ0v) is 10.3. The average Bonchev–Trinajstić information content (AvgIpc) is 2.28. The van der Waals surface area contributed by atoms with Crippen molar-refractivity contribution in [3.05, 3.63) is 29.8 Å². The SMILES string of the molecule is CSC(CO)C(C)NCc1cncc(F)c1. The maximum absolute atomic E-state index is 12.8. The van der Waals surface area contributed by atoms with Gasteiger partial charge in [0, 0.05) is 24.0 Å². The summed E-state index contributed by atoms with van der Waals surface area (Å²) in [5.74, 6) is -0.324. The molecule has 0 saturated heterocycles. The number of hydrogen-bond donors (Lipinski definition) is 2. The third-order valence-corrected chi connectivity index (χ3v) is 3.59. The van der Waals surface area contributed by atoms with Crippen LogP contribution in [0.25, 0.3) is 0 Å². The van der Waals surface area contributed by atoms with E-state index in [0.29, 0.717) is 6.54 Å². The molecule has 2 N–H and O–H groups in total. The fraction of sp³-hybridized carbons (Fsp3) is 0.545. The minimum Gasteiger partial charge on any atom is -0.395 e. The summed E-state index contributed by atoms with van der Waals surface area (Å²) < 4.78 is 12.8. The van der Waals surface area contributed by atoms with Gasteiger partial charge in [-0.2, -0.15) is 11.8 Å². The molecule has 16 heavy (non-hydrogen) atoms. The molecule has 90 valence electrons. The lowest BCUT2D eigenvalue weighted by atomic mass is 10.2. The minimum absolute atomic E-state index is 0.136. The number of aliphatic hydroxyl groups excluding tert-OH is 1. The fourth-order valence-electron chi connectivity index (χ4n) is 1.40. The highest BCUT2D eigenvalue weighted by Crippen LogP contribution is 2.11. The number of hydrogen-bond acceptors (Lipinski definition) is 4. The molecule has 1 aromatic rings. The van der Waals surface area contributed by atoms with Gasteiger partial charge < -0.3 is 10.4 Å². The van der Waals surface area contributed by atoms with Gasteiger partial charge in [0.1, 0.15) is 5.82 Å². The maximum Gasteiger partial charge on any atom is 0.141 e. The molecular formula is C11H17FN2OS. The Bertz CT molecular complexity index is 321. The molecule has 0 bridgehead atoms. The van der Waals surface area contributed by atoms with Gasteiger partial charge in [-0.1, -0.05) is 0 Å². The summed E-state index contributed by atoms with van der Waals surface area (Å²) in [7, 11) is 0. The average molecular weight is 244 g/mol. The Morgan fingerprint density at radius 3 is 2.88 bits per heavy atom. The molecule has 0 aliphatic rings. The van der Waals surface area contributed by atoms with Gasteiger partial charge in [-0.25, -0.2) is 4.39 Å². The van der Waals surface area contributed by atoms with Crippen molar-refractivity contribution in [2.75, 3.05) is 12.9 Å². The molecule has 0 aliphatic carbocycles. The van der Waals surface area contributed by atoms with Gasteiger partial charge in [0.2, 0.25) is 0 Å². The van der Waals surface area contributed by atoms with E-state index in [2.05, 4.69) is 10.3 Å². The standard InChI is InChI=1S/C11H17FN2OS/c1-8(11(7-15)16-2)14-5-9-3-10(12)6-13-4-9/h3-4,6,8,11,14-15H,5,7H2,1-2H3. The van der Waals surface area contributed by atoms with Crippen LogP contribution in [0.3, 0.4) is 0 Å². The summed E-state index contributed by atoms with van der Waals surface area (Å²) in [5, 5.41) is 12.5. The van der Waals surface area contributed by atoms with E-state index in [-0.39, 0.29) is 23.7 Å². The Morgan fingerprint density at radius 2 is 2.31 bits per heavy atom. The number of rotatable bonds is 6. The zero-order chi connectivity index (χ0) is 12.0. The second-order valence-corrected chi connectivity index (χ2v) is 4.71. The number of thioether (sulfide) groups is 1. The van der Waals surface area contributed by atoms with E-state index in [1.165, 1.54) is 12.3 Å². The fourth-order valence-corrected chi connectivity index (χ4v) is 2.05. The third kappa shape index (κ3) is 4.08. The van der Waals surface area contributed by atoms with E-state index in [9.17, 15) is 4.39 Å². The second kappa shape index (κ2) is 6.83. The summed E-state index contributed by atoms with van der Waals surface area (Å²) in [6, 6.07) is 1.63. The highest BCUT2D eigenvalue weighted by Gasteiger charge is 2.14. The highest BCUT2D eigenvalue weighted by atomic mass is 32.2. The molecule has 1 rings (SSSR count). The molecule has 2 unspecified atom stereocenters. The van der Waals surface area contributed by atoms with Crippen molar-refractivity contribution >= 4 is 11.8 Å². The first-order valence-corrected chi connectivity index (χ1v) is 6.42. The molecule has 0 amide bonds. The van der Waals surface area contributed by atoms with Crippen molar-refractivity contribution in [2.45, 2.75) is 24.8 Å². The van der Waals surface area contributed by atoms with Crippen molar-refractivity contribution in [1.82, 2.24) is 10.3 Å². The van der Waals surface area contributed by atoms with Crippen molar-refractivity contribution in [3.8, 4) is 0 Å². The lowest BCUT2D eigenvalue weighted by molar-refractivity contribution is 0.276. The van der Waals surface area contributed by atoms with Gasteiger partial charge in [-0.15, -0.1) is 0 Å². The van der Waals surface area contributed by atoms with Crippen molar-refractivity contribution in [2.24, 2.45) is 0 Å². The third-order valence-electron chi connectivity index (χ3n) is 2.43. The Kier molecular flexibility index (Phi) is 5.73. The highest BCUT2D eigenvalue weighted by molar-refractivity contribution is 7.99. The van der Waals surface area contributed by atoms with Crippen LogP contribution in [0.4, 0.5) is 4.39 Å². The van der Waals surface area contributed by atoms with E-state index in [1.54, 1.807) is 18.0 Å². The summed E-state index contributed by atoms with van der Waals surface area (Å²) in [4.78, 5) is 3.78. The van der Waals surface area contributed by atoms with Gasteiger partial charge in [0.15, 0.2) is 0 Å². The minimum atomic E-state index is -0.324. The van der Waals surface area contributed by atoms with Crippen LogP contribution < -0.4 is 5.32 Å². The van der Waals surface area contributed by atoms with Crippen molar-refractivity contribution in [1.29, 1.82) is 0 Å². The monoisotopic (exact) mass is 244 g/mol. The molecule has 0 fully saturated rings. The van der Waals surface area contributed by atoms with Gasteiger partial charge >= 0.3 is 0 Å². The topological polar surface area (TPSA) is 45.1 Å². The van der Waals surface area contributed by atoms with Crippen LogP contribution in [0, 0.1) is 5.82 Å². The molecule has 0 saturated carbocycles. The number of pyridine rings is 1. The number of nitrogens with one attached hydrogen (secondary N) is 1. The molecule has 5 heteroatoms. The van der Waals surface area contributed by atoms with Crippen LogP contribution in [0.15, 0.2) is 18.5 Å². The smallest absolute Gasteiger partial charge is 0.141 e. The largest absolute Gasteiger partial charge is 0.395 e. The number of nitrogens with zero attached hydrogens (tertiary/aromatic N) is 1. The van der Waals surface area contributed by atoms with Gasteiger partial charge in [-0.3, -0.25) is 4.98 Å². The number of aromatic nitrogens is 1. The molecule has 0 aliphatic heterocycles. The normalized spacial score (nSPS) is 14.8. The van der Waals surface area contributed by atoms with Crippen molar-refractivity contribution < 1.29 is 9.50 Å².